The molecule has 0 aliphatic heterocycles. The summed E-state index contributed by atoms with van der Waals surface area (Å²) in [5, 5.41) is 1.18. The van der Waals surface area contributed by atoms with Crippen molar-refractivity contribution in [2.75, 3.05) is 18.4 Å². The van der Waals surface area contributed by atoms with Crippen molar-refractivity contribution in [3.8, 4) is 0 Å². The first kappa shape index (κ1) is 5.91. The van der Waals surface area contributed by atoms with Gasteiger partial charge in [0, 0.05) is 5.07 Å². The van der Waals surface area contributed by atoms with Gasteiger partial charge in [0.05, 0.1) is 0 Å². The van der Waals surface area contributed by atoms with Crippen LogP contribution in [0.15, 0.2) is 0 Å². The fourth-order valence-electron chi connectivity index (χ4n) is 0. The van der Waals surface area contributed by atoms with E-state index in [0.717, 1.165) is 0 Å². The molecule has 5 heavy (non-hydrogen) atoms. The van der Waals surface area contributed by atoms with Crippen molar-refractivity contribution < 1.29 is 0 Å². The summed E-state index contributed by atoms with van der Waals surface area (Å²) in [7, 11) is 0.318. The number of hydrogen-bond acceptors (Lipinski definition) is 0. The summed E-state index contributed by atoms with van der Waals surface area (Å²) in [4.78, 5) is 0. The van der Waals surface area contributed by atoms with Crippen molar-refractivity contribution in [2.45, 2.75) is 0 Å². The van der Waals surface area contributed by atoms with E-state index in [0.29, 0.717) is 7.92 Å². The van der Waals surface area contributed by atoms with Gasteiger partial charge in [-0.15, -0.1) is 7.92 Å². The Bertz CT molecular complexity index is 20.9. The maximum Gasteiger partial charge on any atom is 0.0229 e. The first-order chi connectivity index (χ1) is 2.27. The van der Waals surface area contributed by atoms with E-state index < -0.39 is 0 Å². The quantitative estimate of drug-likeness (QED) is 0.401. The molecule has 0 aliphatic carbocycles. The Labute approximate surface area is 42.8 Å². The molecule has 0 N–H and O–H groups in total. The molecule has 0 saturated heterocycles. The van der Waals surface area contributed by atoms with Crippen LogP contribution in [-0.4, -0.2) is 18.4 Å². The molecule has 0 unspecified atom stereocenters. The van der Waals surface area contributed by atoms with Crippen LogP contribution in [0.2, 0.25) is 0 Å². The second-order valence-corrected chi connectivity index (χ2v) is 5.10. The molecule has 0 aromatic heterocycles. The highest BCUT2D eigenvalue weighted by molar-refractivity contribution is 9.10. The molecule has 0 amide bonds. The molecule has 0 radical (unpaired) electrons. The number of rotatable bonds is 1. The average Bonchev–Trinajstić information content (AvgIpc) is 1.38. The summed E-state index contributed by atoms with van der Waals surface area (Å²) >= 11 is 3.34. The van der Waals surface area contributed by atoms with Gasteiger partial charge in [0.1, 0.15) is 0 Å². The maximum atomic E-state index is 3.34. The van der Waals surface area contributed by atoms with Crippen LogP contribution in [0.4, 0.5) is 0 Å². The molecule has 32 valence electrons. The van der Waals surface area contributed by atoms with Gasteiger partial charge in [-0.25, -0.2) is 0 Å². The van der Waals surface area contributed by atoms with E-state index in [1.807, 2.05) is 0 Å². The van der Waals surface area contributed by atoms with Crippen molar-refractivity contribution in [1.82, 2.24) is 0 Å². The fourth-order valence-corrected chi connectivity index (χ4v) is 0. The summed E-state index contributed by atoms with van der Waals surface area (Å²) in [6, 6.07) is 0. The molecular weight excluding hydrogens is 147 g/mol. The van der Waals surface area contributed by atoms with Gasteiger partial charge >= 0.3 is 0 Å². The highest BCUT2D eigenvalue weighted by Crippen LogP contribution is 2.25. The minimum atomic E-state index is 0.318. The third-order valence-corrected chi connectivity index (χ3v) is 3.73. The van der Waals surface area contributed by atoms with Crippen LogP contribution >= 0.6 is 23.9 Å². The van der Waals surface area contributed by atoms with Crippen molar-refractivity contribution in [3.05, 3.63) is 0 Å². The third-order valence-electron chi connectivity index (χ3n) is 0.239. The minimum absolute atomic E-state index is 0.318. The fraction of sp³-hybridized carbons (Fsp3) is 1.00. The van der Waals surface area contributed by atoms with Gasteiger partial charge in [-0.2, -0.15) is 0 Å². The van der Waals surface area contributed by atoms with Crippen molar-refractivity contribution in [3.63, 3.8) is 0 Å². The van der Waals surface area contributed by atoms with Gasteiger partial charge in [0.2, 0.25) is 0 Å². The van der Waals surface area contributed by atoms with Crippen LogP contribution in [0.5, 0.6) is 0 Å². The SMILES string of the molecule is CP(C)CBr. The minimum Gasteiger partial charge on any atom is -0.102 e. The topological polar surface area (TPSA) is 0 Å². The van der Waals surface area contributed by atoms with Gasteiger partial charge in [-0.3, -0.25) is 0 Å². The summed E-state index contributed by atoms with van der Waals surface area (Å²) < 4.78 is 0. The zero-order valence-corrected chi connectivity index (χ0v) is 6.01. The molecule has 0 atom stereocenters. The van der Waals surface area contributed by atoms with Gasteiger partial charge in [0.25, 0.3) is 0 Å². The average molecular weight is 155 g/mol. The van der Waals surface area contributed by atoms with E-state index in [9.17, 15) is 0 Å². The Hall–Kier alpha value is 0.910. The maximum absolute atomic E-state index is 3.34. The van der Waals surface area contributed by atoms with Crippen molar-refractivity contribution in [1.29, 1.82) is 0 Å². The first-order valence-corrected chi connectivity index (χ1v) is 5.02. The molecule has 0 saturated carbocycles. The van der Waals surface area contributed by atoms with Crippen LogP contribution < -0.4 is 0 Å². The molecule has 0 rings (SSSR count). The zero-order chi connectivity index (χ0) is 4.28. The highest BCUT2D eigenvalue weighted by atomic mass is 79.9. The molecule has 0 spiro atoms. The van der Waals surface area contributed by atoms with E-state index >= 15 is 0 Å². The standard InChI is InChI=1S/C3H8BrP/c1-5(2)3-4/h3H2,1-2H3. The molecule has 0 aliphatic rings. The van der Waals surface area contributed by atoms with Gasteiger partial charge < -0.3 is 0 Å². The normalized spacial score (nSPS) is 9.60. The van der Waals surface area contributed by atoms with E-state index in [1.165, 1.54) is 5.07 Å². The van der Waals surface area contributed by atoms with Crippen LogP contribution in [0, 0.1) is 0 Å². The summed E-state index contributed by atoms with van der Waals surface area (Å²) in [6.45, 7) is 4.48. The molecule has 0 aromatic rings. The number of halogens is 1. The second-order valence-electron chi connectivity index (χ2n) is 1.20. The largest absolute Gasteiger partial charge is 0.102 e. The second kappa shape index (κ2) is 3.11. The molecule has 0 fully saturated rings. The van der Waals surface area contributed by atoms with E-state index in [2.05, 4.69) is 29.3 Å². The van der Waals surface area contributed by atoms with Crippen molar-refractivity contribution >= 4 is 23.9 Å². The lowest BCUT2D eigenvalue weighted by molar-refractivity contribution is 2.08. The van der Waals surface area contributed by atoms with Crippen molar-refractivity contribution in [2.24, 2.45) is 0 Å². The van der Waals surface area contributed by atoms with E-state index in [4.69, 9.17) is 0 Å². The van der Waals surface area contributed by atoms with E-state index in [-0.39, 0.29) is 0 Å². The van der Waals surface area contributed by atoms with Gasteiger partial charge in [-0.05, 0) is 13.3 Å². The lowest BCUT2D eigenvalue weighted by Gasteiger charge is -1.90. The molecule has 0 bridgehead atoms. The predicted molar refractivity (Wildman–Crippen MR) is 32.6 cm³/mol. The molecule has 0 aromatic carbocycles. The predicted octanol–water partition coefficient (Wildman–Crippen LogP) is 2.08. The first-order valence-electron chi connectivity index (χ1n) is 1.48. The third kappa shape index (κ3) is 4.91. The number of alkyl halides is 1. The zero-order valence-electron chi connectivity index (χ0n) is 3.53. The van der Waals surface area contributed by atoms with Crippen LogP contribution in [-0.2, 0) is 0 Å². The highest BCUT2D eigenvalue weighted by Gasteiger charge is 1.80. The Kier molecular flexibility index (Phi) is 3.68. The molecular formula is C3H8BrP. The smallest absolute Gasteiger partial charge is 0.0229 e. The Morgan fingerprint density at radius 2 is 1.80 bits per heavy atom. The Morgan fingerprint density at radius 3 is 1.80 bits per heavy atom. The van der Waals surface area contributed by atoms with Crippen LogP contribution in [0.3, 0.4) is 0 Å². The molecule has 0 nitrogen and oxygen atoms in total. The lowest BCUT2D eigenvalue weighted by Crippen LogP contribution is -1.59. The summed E-state index contributed by atoms with van der Waals surface area (Å²) in [5.74, 6) is 0. The summed E-state index contributed by atoms with van der Waals surface area (Å²) in [5.41, 5.74) is 0. The monoisotopic (exact) mass is 154 g/mol. The Morgan fingerprint density at radius 1 is 1.60 bits per heavy atom. The summed E-state index contributed by atoms with van der Waals surface area (Å²) in [6.07, 6.45) is 0. The Balaban J connectivity index is 2.54. The number of hydrogen-bond donors (Lipinski definition) is 0. The van der Waals surface area contributed by atoms with E-state index in [1.54, 1.807) is 0 Å². The molecule has 2 heteroatoms. The van der Waals surface area contributed by atoms with Gasteiger partial charge in [0.15, 0.2) is 0 Å². The lowest BCUT2D eigenvalue weighted by atomic mass is 11.9. The van der Waals surface area contributed by atoms with Gasteiger partial charge in [-0.1, -0.05) is 15.9 Å². The molecule has 0 heterocycles. The van der Waals surface area contributed by atoms with Crippen LogP contribution in [0.25, 0.3) is 0 Å². The van der Waals surface area contributed by atoms with Crippen LogP contribution in [0.1, 0.15) is 0 Å².